The number of ether oxygens (including phenoxy) is 1. The molecule has 3 rings (SSSR count). The Hall–Kier alpha value is -2.12. The molecule has 0 spiro atoms. The van der Waals surface area contributed by atoms with E-state index in [1.54, 1.807) is 31.4 Å². The molecule has 7 heteroatoms. The van der Waals surface area contributed by atoms with Crippen LogP contribution in [0.15, 0.2) is 58.2 Å². The second-order valence-electron chi connectivity index (χ2n) is 5.30. The monoisotopic (exact) mass is 417 g/mol. The van der Waals surface area contributed by atoms with Gasteiger partial charge >= 0.3 is 0 Å². The van der Waals surface area contributed by atoms with Gasteiger partial charge in [0.15, 0.2) is 11.6 Å². The van der Waals surface area contributed by atoms with Crippen LogP contribution in [0.1, 0.15) is 17.3 Å². The third kappa shape index (κ3) is 4.11. The number of halogens is 1. The van der Waals surface area contributed by atoms with E-state index in [0.717, 1.165) is 15.8 Å². The van der Waals surface area contributed by atoms with Gasteiger partial charge in [-0.25, -0.2) is 4.98 Å². The number of carbonyl (C=O) groups excluding carboxylic acids is 1. The second kappa shape index (κ2) is 7.84. The molecule has 3 aromatic rings. The van der Waals surface area contributed by atoms with Crippen molar-refractivity contribution in [3.8, 4) is 17.1 Å². The number of hydrogen-bond acceptors (Lipinski definition) is 5. The number of rotatable bonds is 6. The first-order valence-electron chi connectivity index (χ1n) is 7.60. The van der Waals surface area contributed by atoms with Crippen LogP contribution in [-0.2, 0) is 0 Å². The second-order valence-corrected chi connectivity index (χ2v) is 7.46. The molecule has 0 unspecified atom stereocenters. The van der Waals surface area contributed by atoms with E-state index >= 15 is 0 Å². The third-order valence-electron chi connectivity index (χ3n) is 3.62. The summed E-state index contributed by atoms with van der Waals surface area (Å²) in [5.41, 5.74) is 1.57. The molecule has 25 heavy (non-hydrogen) atoms. The van der Waals surface area contributed by atoms with E-state index in [1.165, 1.54) is 11.8 Å². The van der Waals surface area contributed by atoms with Crippen molar-refractivity contribution < 1.29 is 9.53 Å². The molecule has 1 heterocycles. The van der Waals surface area contributed by atoms with Crippen LogP contribution in [-0.4, -0.2) is 33.3 Å². The molecule has 1 aromatic heterocycles. The molecule has 2 aromatic carbocycles. The third-order valence-corrected chi connectivity index (χ3v) is 5.27. The summed E-state index contributed by atoms with van der Waals surface area (Å²) in [7, 11) is 1.60. The first-order chi connectivity index (χ1) is 12.1. The zero-order chi connectivity index (χ0) is 17.8. The minimum atomic E-state index is -0.295. The summed E-state index contributed by atoms with van der Waals surface area (Å²) in [5.74, 6) is 1.42. The average molecular weight is 418 g/mol. The van der Waals surface area contributed by atoms with E-state index in [2.05, 4.69) is 31.1 Å². The molecule has 0 fully saturated rings. The van der Waals surface area contributed by atoms with E-state index in [4.69, 9.17) is 4.74 Å². The van der Waals surface area contributed by atoms with Crippen molar-refractivity contribution in [3.63, 3.8) is 0 Å². The Bertz CT molecular complexity index is 880. The van der Waals surface area contributed by atoms with Crippen molar-refractivity contribution in [1.82, 2.24) is 15.2 Å². The number of carbonyl (C=O) groups is 1. The highest BCUT2D eigenvalue weighted by Gasteiger charge is 2.19. The first-order valence-corrected chi connectivity index (χ1v) is 9.28. The van der Waals surface area contributed by atoms with E-state index < -0.39 is 0 Å². The van der Waals surface area contributed by atoms with Crippen molar-refractivity contribution in [3.05, 3.63) is 58.6 Å². The maximum Gasteiger partial charge on any atom is 0.209 e. The lowest BCUT2D eigenvalue weighted by atomic mass is 10.1. The minimum Gasteiger partial charge on any atom is -0.497 e. The van der Waals surface area contributed by atoms with Gasteiger partial charge in [-0.15, -0.1) is 5.10 Å². The Balaban J connectivity index is 1.71. The summed E-state index contributed by atoms with van der Waals surface area (Å²) in [4.78, 5) is 17.0. The van der Waals surface area contributed by atoms with Crippen LogP contribution in [0.3, 0.4) is 0 Å². The van der Waals surface area contributed by atoms with Gasteiger partial charge in [0.2, 0.25) is 5.16 Å². The van der Waals surface area contributed by atoms with E-state index in [1.807, 2.05) is 31.2 Å². The average Bonchev–Trinajstić information content (AvgIpc) is 3.09. The van der Waals surface area contributed by atoms with Crippen LogP contribution in [0, 0.1) is 0 Å². The normalized spacial score (nSPS) is 12.0. The van der Waals surface area contributed by atoms with Crippen LogP contribution in [0.25, 0.3) is 11.4 Å². The highest BCUT2D eigenvalue weighted by atomic mass is 79.9. The standard InChI is InChI=1S/C18H16BrN3O2S/c1-11(16(23)12-7-9-13(24-2)10-8-12)25-18-20-17(21-22-18)14-5-3-4-6-15(14)19/h3-11H,1-2H3,(H,20,21,22)/t11-/m0/s1. The van der Waals surface area contributed by atoms with Crippen molar-refractivity contribution in [2.45, 2.75) is 17.3 Å². The smallest absolute Gasteiger partial charge is 0.209 e. The zero-order valence-electron chi connectivity index (χ0n) is 13.7. The van der Waals surface area contributed by atoms with E-state index in [9.17, 15) is 4.79 Å². The number of H-pyrrole nitrogens is 1. The summed E-state index contributed by atoms with van der Waals surface area (Å²) >= 11 is 4.83. The Labute approximate surface area is 158 Å². The van der Waals surface area contributed by atoms with Gasteiger partial charge in [-0.05, 0) is 37.3 Å². The molecule has 1 N–H and O–H groups in total. The molecule has 0 aliphatic carbocycles. The number of aromatic nitrogens is 3. The van der Waals surface area contributed by atoms with Crippen molar-refractivity contribution in [2.75, 3.05) is 7.11 Å². The molecule has 128 valence electrons. The quantitative estimate of drug-likeness (QED) is 0.468. The molecule has 5 nitrogen and oxygen atoms in total. The van der Waals surface area contributed by atoms with Gasteiger partial charge in [-0.1, -0.05) is 45.9 Å². The molecule has 0 radical (unpaired) electrons. The Morgan fingerprint density at radius 1 is 1.20 bits per heavy atom. The lowest BCUT2D eigenvalue weighted by molar-refractivity contribution is 0.0994. The van der Waals surface area contributed by atoms with Gasteiger partial charge in [0.1, 0.15) is 5.75 Å². The van der Waals surface area contributed by atoms with Gasteiger partial charge in [-0.3, -0.25) is 9.89 Å². The molecular formula is C18H16BrN3O2S. The van der Waals surface area contributed by atoms with Gasteiger partial charge in [0, 0.05) is 15.6 Å². The summed E-state index contributed by atoms with van der Waals surface area (Å²) in [6.07, 6.45) is 0. The fourth-order valence-electron chi connectivity index (χ4n) is 2.27. The minimum absolute atomic E-state index is 0.0277. The number of nitrogens with one attached hydrogen (secondary N) is 1. The zero-order valence-corrected chi connectivity index (χ0v) is 16.1. The molecule has 0 saturated carbocycles. The maximum atomic E-state index is 12.5. The number of methoxy groups -OCH3 is 1. The predicted molar refractivity (Wildman–Crippen MR) is 102 cm³/mol. The summed E-state index contributed by atoms with van der Waals surface area (Å²) in [6, 6.07) is 14.9. The lowest BCUT2D eigenvalue weighted by Crippen LogP contribution is -2.13. The van der Waals surface area contributed by atoms with Crippen LogP contribution in [0.5, 0.6) is 5.75 Å². The summed E-state index contributed by atoms with van der Waals surface area (Å²) in [6.45, 7) is 1.85. The van der Waals surface area contributed by atoms with E-state index in [-0.39, 0.29) is 11.0 Å². The molecule has 0 aliphatic heterocycles. The highest BCUT2D eigenvalue weighted by molar-refractivity contribution is 9.10. The van der Waals surface area contributed by atoms with Gasteiger partial charge < -0.3 is 4.74 Å². The number of Topliss-reactive ketones (excluding diaryl/α,β-unsaturated/α-hetero) is 1. The maximum absolute atomic E-state index is 12.5. The summed E-state index contributed by atoms with van der Waals surface area (Å²) in [5, 5.41) is 7.38. The lowest BCUT2D eigenvalue weighted by Gasteiger charge is -2.08. The Morgan fingerprint density at radius 3 is 2.60 bits per heavy atom. The number of thioether (sulfide) groups is 1. The van der Waals surface area contributed by atoms with Crippen LogP contribution >= 0.6 is 27.7 Å². The van der Waals surface area contributed by atoms with Crippen molar-refractivity contribution >= 4 is 33.5 Å². The molecule has 0 saturated heterocycles. The molecule has 0 amide bonds. The largest absolute Gasteiger partial charge is 0.497 e. The topological polar surface area (TPSA) is 67.9 Å². The fourth-order valence-corrected chi connectivity index (χ4v) is 3.55. The van der Waals surface area contributed by atoms with Crippen LogP contribution in [0.4, 0.5) is 0 Å². The molecule has 1 atom stereocenters. The highest BCUT2D eigenvalue weighted by Crippen LogP contribution is 2.28. The number of hydrogen-bond donors (Lipinski definition) is 1. The SMILES string of the molecule is COc1ccc(C(=O)[C@H](C)Sc2n[nH]c(-c3ccccc3Br)n2)cc1. The Kier molecular flexibility index (Phi) is 5.55. The van der Waals surface area contributed by atoms with Crippen molar-refractivity contribution in [1.29, 1.82) is 0 Å². The number of ketones is 1. The van der Waals surface area contributed by atoms with Crippen LogP contribution in [0.2, 0.25) is 0 Å². The van der Waals surface area contributed by atoms with Gasteiger partial charge in [-0.2, -0.15) is 0 Å². The van der Waals surface area contributed by atoms with E-state index in [0.29, 0.717) is 16.5 Å². The molecular weight excluding hydrogens is 402 g/mol. The predicted octanol–water partition coefficient (Wildman–Crippen LogP) is 4.61. The van der Waals surface area contributed by atoms with Crippen LogP contribution < -0.4 is 4.74 Å². The summed E-state index contributed by atoms with van der Waals surface area (Å²) < 4.78 is 6.05. The first kappa shape index (κ1) is 17.7. The Morgan fingerprint density at radius 2 is 1.92 bits per heavy atom. The molecule has 0 bridgehead atoms. The molecule has 0 aliphatic rings. The van der Waals surface area contributed by atoms with Gasteiger partial charge in [0.25, 0.3) is 0 Å². The fraction of sp³-hybridized carbons (Fsp3) is 0.167. The number of nitrogens with zero attached hydrogens (tertiary/aromatic N) is 2. The van der Waals surface area contributed by atoms with Gasteiger partial charge in [0.05, 0.1) is 12.4 Å². The number of benzene rings is 2. The van der Waals surface area contributed by atoms with Crippen molar-refractivity contribution in [2.24, 2.45) is 0 Å². The number of aromatic amines is 1.